The standard InChI is InChI=1S/C16H11ClFNO3/c17-10-3-6-13-12(7-10)16(22,15(21)19-13)8-14(20)9-1-4-11(18)5-2-9/h1-7,22H,8H2,(H,19,21)/t16-/m1/s1. The Balaban J connectivity index is 1.94. The summed E-state index contributed by atoms with van der Waals surface area (Å²) < 4.78 is 12.9. The van der Waals surface area contributed by atoms with E-state index in [-0.39, 0.29) is 11.1 Å². The van der Waals surface area contributed by atoms with Gasteiger partial charge in [-0.3, -0.25) is 9.59 Å². The van der Waals surface area contributed by atoms with Crippen molar-refractivity contribution in [3.63, 3.8) is 0 Å². The molecule has 3 rings (SSSR count). The fourth-order valence-corrected chi connectivity index (χ4v) is 2.63. The van der Waals surface area contributed by atoms with Gasteiger partial charge in [0.25, 0.3) is 5.91 Å². The Morgan fingerprint density at radius 3 is 2.59 bits per heavy atom. The minimum Gasteiger partial charge on any atom is -0.375 e. The number of fused-ring (bicyclic) bond motifs is 1. The largest absolute Gasteiger partial charge is 0.375 e. The molecule has 0 unspecified atom stereocenters. The molecule has 1 aliphatic heterocycles. The van der Waals surface area contributed by atoms with Crippen molar-refractivity contribution in [3.05, 3.63) is 64.4 Å². The molecule has 2 aromatic rings. The number of halogens is 2. The summed E-state index contributed by atoms with van der Waals surface area (Å²) in [6.45, 7) is 0. The van der Waals surface area contributed by atoms with Crippen molar-refractivity contribution in [2.75, 3.05) is 5.32 Å². The predicted molar refractivity (Wildman–Crippen MR) is 79.3 cm³/mol. The lowest BCUT2D eigenvalue weighted by atomic mass is 9.88. The van der Waals surface area contributed by atoms with Crippen molar-refractivity contribution in [1.82, 2.24) is 0 Å². The van der Waals surface area contributed by atoms with Gasteiger partial charge in [-0.05, 0) is 42.5 Å². The smallest absolute Gasteiger partial charge is 0.261 e. The van der Waals surface area contributed by atoms with Crippen molar-refractivity contribution in [3.8, 4) is 0 Å². The molecule has 1 amide bonds. The maximum atomic E-state index is 12.9. The van der Waals surface area contributed by atoms with Crippen LogP contribution >= 0.6 is 11.6 Å². The molecule has 0 radical (unpaired) electrons. The van der Waals surface area contributed by atoms with E-state index < -0.39 is 29.5 Å². The number of aliphatic hydroxyl groups is 1. The number of hydrogen-bond donors (Lipinski definition) is 2. The summed E-state index contributed by atoms with van der Waals surface area (Å²) in [5.74, 6) is -1.61. The third kappa shape index (κ3) is 2.38. The number of Topliss-reactive ketones (excluding diaryl/α,β-unsaturated/α-hetero) is 1. The fraction of sp³-hybridized carbons (Fsp3) is 0.125. The molecule has 112 valence electrons. The highest BCUT2D eigenvalue weighted by atomic mass is 35.5. The van der Waals surface area contributed by atoms with Gasteiger partial charge in [0.05, 0.1) is 6.42 Å². The van der Waals surface area contributed by atoms with Crippen LogP contribution in [0.4, 0.5) is 10.1 Å². The third-order valence-corrected chi connectivity index (χ3v) is 3.87. The van der Waals surface area contributed by atoms with E-state index in [4.69, 9.17) is 11.6 Å². The van der Waals surface area contributed by atoms with E-state index in [2.05, 4.69) is 5.32 Å². The maximum absolute atomic E-state index is 12.9. The number of nitrogens with one attached hydrogen (secondary N) is 1. The van der Waals surface area contributed by atoms with Gasteiger partial charge >= 0.3 is 0 Å². The molecule has 0 saturated carbocycles. The number of ketones is 1. The van der Waals surface area contributed by atoms with E-state index in [1.54, 1.807) is 12.1 Å². The van der Waals surface area contributed by atoms with E-state index in [1.165, 1.54) is 18.2 Å². The van der Waals surface area contributed by atoms with Crippen LogP contribution < -0.4 is 5.32 Å². The Morgan fingerprint density at radius 1 is 1.23 bits per heavy atom. The highest BCUT2D eigenvalue weighted by Crippen LogP contribution is 2.40. The molecule has 4 nitrogen and oxygen atoms in total. The van der Waals surface area contributed by atoms with Gasteiger partial charge in [-0.2, -0.15) is 0 Å². The molecule has 0 aromatic heterocycles. The first kappa shape index (κ1) is 14.7. The number of hydrogen-bond acceptors (Lipinski definition) is 3. The molecule has 22 heavy (non-hydrogen) atoms. The Hall–Kier alpha value is -2.24. The van der Waals surface area contributed by atoms with Crippen LogP contribution in [-0.2, 0) is 10.4 Å². The van der Waals surface area contributed by atoms with Gasteiger partial charge in [-0.25, -0.2) is 4.39 Å². The first-order chi connectivity index (χ1) is 10.4. The van der Waals surface area contributed by atoms with Crippen LogP contribution in [0.15, 0.2) is 42.5 Å². The highest BCUT2D eigenvalue weighted by Gasteiger charge is 2.46. The van der Waals surface area contributed by atoms with Gasteiger partial charge in [0, 0.05) is 21.8 Å². The summed E-state index contributed by atoms with van der Waals surface area (Å²) in [4.78, 5) is 24.3. The van der Waals surface area contributed by atoms with E-state index >= 15 is 0 Å². The Bertz CT molecular complexity index is 775. The lowest BCUT2D eigenvalue weighted by Crippen LogP contribution is -2.36. The van der Waals surface area contributed by atoms with Crippen molar-refractivity contribution in [1.29, 1.82) is 0 Å². The van der Waals surface area contributed by atoms with E-state index in [1.807, 2.05) is 0 Å². The average Bonchev–Trinajstić information content (AvgIpc) is 2.71. The highest BCUT2D eigenvalue weighted by molar-refractivity contribution is 6.31. The Kier molecular flexibility index (Phi) is 3.47. The third-order valence-electron chi connectivity index (χ3n) is 3.63. The number of carbonyl (C=O) groups excluding carboxylic acids is 2. The summed E-state index contributed by atoms with van der Waals surface area (Å²) >= 11 is 5.89. The van der Waals surface area contributed by atoms with Crippen molar-refractivity contribution in [2.24, 2.45) is 0 Å². The molecule has 0 saturated heterocycles. The second kappa shape index (κ2) is 5.19. The summed E-state index contributed by atoms with van der Waals surface area (Å²) in [5, 5.41) is 13.5. The lowest BCUT2D eigenvalue weighted by molar-refractivity contribution is -0.133. The number of amides is 1. The Morgan fingerprint density at radius 2 is 1.91 bits per heavy atom. The zero-order valence-electron chi connectivity index (χ0n) is 11.3. The number of rotatable bonds is 3. The lowest BCUT2D eigenvalue weighted by Gasteiger charge is -2.20. The summed E-state index contributed by atoms with van der Waals surface area (Å²) in [6, 6.07) is 9.52. The van der Waals surface area contributed by atoms with Crippen LogP contribution in [0.5, 0.6) is 0 Å². The zero-order chi connectivity index (χ0) is 15.9. The SMILES string of the molecule is O=C(C[C@]1(O)C(=O)Nc2ccc(Cl)cc21)c1ccc(F)cc1. The van der Waals surface area contributed by atoms with Crippen LogP contribution in [0.3, 0.4) is 0 Å². The molecule has 1 heterocycles. The second-order valence-electron chi connectivity index (χ2n) is 5.11. The average molecular weight is 320 g/mol. The molecular formula is C16H11ClFNO3. The van der Waals surface area contributed by atoms with Gasteiger partial charge in [-0.15, -0.1) is 0 Å². The second-order valence-corrected chi connectivity index (χ2v) is 5.55. The van der Waals surface area contributed by atoms with E-state index in [9.17, 15) is 19.1 Å². The monoisotopic (exact) mass is 319 g/mol. The number of benzene rings is 2. The normalized spacial score (nSPS) is 19.7. The van der Waals surface area contributed by atoms with Crippen LogP contribution in [-0.4, -0.2) is 16.8 Å². The minimum absolute atomic E-state index is 0.220. The van der Waals surface area contributed by atoms with E-state index in [0.29, 0.717) is 10.7 Å². The quantitative estimate of drug-likeness (QED) is 0.855. The summed E-state index contributed by atoms with van der Waals surface area (Å²) in [5.41, 5.74) is -1.08. The topological polar surface area (TPSA) is 66.4 Å². The van der Waals surface area contributed by atoms with Crippen LogP contribution in [0, 0.1) is 5.82 Å². The molecule has 0 spiro atoms. The van der Waals surface area contributed by atoms with Crippen molar-refractivity contribution >= 4 is 29.0 Å². The number of anilines is 1. The molecule has 2 aromatic carbocycles. The predicted octanol–water partition coefficient (Wildman–Crippen LogP) is 2.89. The van der Waals surface area contributed by atoms with Crippen LogP contribution in [0.25, 0.3) is 0 Å². The summed E-state index contributed by atoms with van der Waals surface area (Å²) in [6.07, 6.45) is -0.447. The minimum atomic E-state index is -1.98. The fourth-order valence-electron chi connectivity index (χ4n) is 2.46. The van der Waals surface area contributed by atoms with Gasteiger partial charge in [-0.1, -0.05) is 11.6 Å². The molecule has 1 atom stereocenters. The van der Waals surface area contributed by atoms with Crippen LogP contribution in [0.2, 0.25) is 5.02 Å². The molecule has 0 aliphatic carbocycles. The van der Waals surface area contributed by atoms with Gasteiger partial charge in [0.15, 0.2) is 11.4 Å². The van der Waals surface area contributed by atoms with Crippen LogP contribution in [0.1, 0.15) is 22.3 Å². The Labute approximate surface area is 130 Å². The molecule has 6 heteroatoms. The van der Waals surface area contributed by atoms with Gasteiger partial charge < -0.3 is 10.4 Å². The molecule has 1 aliphatic rings. The summed E-state index contributed by atoms with van der Waals surface area (Å²) in [7, 11) is 0. The zero-order valence-corrected chi connectivity index (χ0v) is 12.0. The van der Waals surface area contributed by atoms with E-state index in [0.717, 1.165) is 12.1 Å². The molecule has 2 N–H and O–H groups in total. The van der Waals surface area contributed by atoms with Gasteiger partial charge in [0.2, 0.25) is 0 Å². The van der Waals surface area contributed by atoms with Crippen molar-refractivity contribution < 1.29 is 19.1 Å². The van der Waals surface area contributed by atoms with Crippen molar-refractivity contribution in [2.45, 2.75) is 12.0 Å². The first-order valence-corrected chi connectivity index (χ1v) is 6.90. The first-order valence-electron chi connectivity index (χ1n) is 6.53. The molecule has 0 bridgehead atoms. The number of carbonyl (C=O) groups is 2. The molecule has 0 fully saturated rings. The molecular weight excluding hydrogens is 309 g/mol. The maximum Gasteiger partial charge on any atom is 0.261 e. The van der Waals surface area contributed by atoms with Gasteiger partial charge in [0.1, 0.15) is 5.82 Å².